The van der Waals surface area contributed by atoms with Crippen LogP contribution in [0.25, 0.3) is 0 Å². The highest BCUT2D eigenvalue weighted by Gasteiger charge is 2.24. The first-order chi connectivity index (χ1) is 13.7. The summed E-state index contributed by atoms with van der Waals surface area (Å²) in [4.78, 5) is 24.0. The molecule has 0 saturated heterocycles. The van der Waals surface area contributed by atoms with E-state index >= 15 is 0 Å². The van der Waals surface area contributed by atoms with Gasteiger partial charge in [-0.1, -0.05) is 6.07 Å². The fourth-order valence-corrected chi connectivity index (χ4v) is 3.71. The minimum absolute atomic E-state index is 0.0327. The van der Waals surface area contributed by atoms with Gasteiger partial charge in [-0.25, -0.2) is 13.2 Å². The van der Waals surface area contributed by atoms with Crippen molar-refractivity contribution in [3.8, 4) is 5.75 Å². The van der Waals surface area contributed by atoms with E-state index in [4.69, 9.17) is 9.47 Å². The minimum Gasteiger partial charge on any atom is -0.497 e. The van der Waals surface area contributed by atoms with Crippen molar-refractivity contribution in [2.45, 2.75) is 24.8 Å². The molecule has 0 aliphatic rings. The van der Waals surface area contributed by atoms with Gasteiger partial charge in [0.2, 0.25) is 0 Å². The van der Waals surface area contributed by atoms with Crippen LogP contribution in [-0.2, 0) is 19.6 Å². The number of ether oxygens (including phenoxy) is 2. The summed E-state index contributed by atoms with van der Waals surface area (Å²) in [5.74, 6) is -0.609. The Morgan fingerprint density at radius 1 is 1.14 bits per heavy atom. The van der Waals surface area contributed by atoms with Crippen molar-refractivity contribution in [3.63, 3.8) is 0 Å². The molecular weight excluding hydrogens is 396 g/mol. The van der Waals surface area contributed by atoms with Gasteiger partial charge in [0, 0.05) is 13.6 Å². The molecule has 1 amide bonds. The number of hydrogen-bond donors (Lipinski definition) is 1. The Morgan fingerprint density at radius 2 is 1.79 bits per heavy atom. The molecule has 0 unspecified atom stereocenters. The van der Waals surface area contributed by atoms with E-state index in [1.807, 2.05) is 0 Å². The van der Waals surface area contributed by atoms with E-state index in [-0.39, 0.29) is 10.5 Å². The van der Waals surface area contributed by atoms with Gasteiger partial charge < -0.3 is 14.8 Å². The van der Waals surface area contributed by atoms with E-state index in [0.717, 1.165) is 4.31 Å². The monoisotopic (exact) mass is 420 g/mol. The lowest BCUT2D eigenvalue weighted by Gasteiger charge is -2.20. The second-order valence-electron chi connectivity index (χ2n) is 6.14. The highest BCUT2D eigenvalue weighted by atomic mass is 32.2. The lowest BCUT2D eigenvalue weighted by Crippen LogP contribution is -2.35. The molecule has 0 radical (unpaired) electrons. The summed E-state index contributed by atoms with van der Waals surface area (Å²) >= 11 is 0. The van der Waals surface area contributed by atoms with Gasteiger partial charge in [-0.2, -0.15) is 0 Å². The van der Waals surface area contributed by atoms with Gasteiger partial charge in [0.25, 0.3) is 15.9 Å². The van der Waals surface area contributed by atoms with Gasteiger partial charge in [-0.3, -0.25) is 9.10 Å². The first kappa shape index (κ1) is 22.2. The second kappa shape index (κ2) is 9.42. The van der Waals surface area contributed by atoms with E-state index in [1.54, 1.807) is 31.2 Å². The zero-order valence-electron chi connectivity index (χ0n) is 16.7. The van der Waals surface area contributed by atoms with Crippen LogP contribution in [0, 0.1) is 0 Å². The smallest absolute Gasteiger partial charge is 0.338 e. The third kappa shape index (κ3) is 5.26. The quantitative estimate of drug-likeness (QED) is 0.657. The Labute approximate surface area is 170 Å². The number of methoxy groups -OCH3 is 1. The number of rotatable bonds is 8. The van der Waals surface area contributed by atoms with E-state index in [0.29, 0.717) is 18.0 Å². The van der Waals surface area contributed by atoms with Gasteiger partial charge in [-0.05, 0) is 56.3 Å². The summed E-state index contributed by atoms with van der Waals surface area (Å²) in [5, 5.41) is 2.55. The molecule has 0 saturated carbocycles. The van der Waals surface area contributed by atoms with Gasteiger partial charge in [0.1, 0.15) is 5.75 Å². The molecule has 9 heteroatoms. The molecule has 0 fully saturated rings. The first-order valence-electron chi connectivity index (χ1n) is 8.92. The van der Waals surface area contributed by atoms with Crippen LogP contribution in [0.5, 0.6) is 5.75 Å². The van der Waals surface area contributed by atoms with E-state index in [2.05, 4.69) is 5.32 Å². The molecule has 0 aliphatic carbocycles. The highest BCUT2D eigenvalue weighted by molar-refractivity contribution is 7.92. The van der Waals surface area contributed by atoms with Crippen molar-refractivity contribution in [1.29, 1.82) is 0 Å². The zero-order chi connectivity index (χ0) is 21.6. The van der Waals surface area contributed by atoms with Gasteiger partial charge in [0.15, 0.2) is 6.10 Å². The lowest BCUT2D eigenvalue weighted by molar-refractivity contribution is -0.128. The molecule has 2 rings (SSSR count). The van der Waals surface area contributed by atoms with Gasteiger partial charge in [-0.15, -0.1) is 0 Å². The minimum atomic E-state index is -3.92. The molecular formula is C20H24N2O6S. The molecule has 0 spiro atoms. The number of hydrogen-bond acceptors (Lipinski definition) is 6. The lowest BCUT2D eigenvalue weighted by atomic mass is 10.2. The van der Waals surface area contributed by atoms with Crippen molar-refractivity contribution in [2.75, 3.05) is 25.0 Å². The van der Waals surface area contributed by atoms with E-state index in [1.165, 1.54) is 45.3 Å². The average Bonchev–Trinajstić information content (AvgIpc) is 2.73. The molecule has 1 atom stereocenters. The number of nitrogens with one attached hydrogen (secondary N) is 1. The van der Waals surface area contributed by atoms with Crippen LogP contribution >= 0.6 is 0 Å². The van der Waals surface area contributed by atoms with Gasteiger partial charge >= 0.3 is 5.97 Å². The average molecular weight is 420 g/mol. The van der Waals surface area contributed by atoms with E-state index in [9.17, 15) is 18.0 Å². The van der Waals surface area contributed by atoms with Crippen molar-refractivity contribution >= 4 is 27.6 Å². The molecule has 2 aromatic rings. The predicted molar refractivity (Wildman–Crippen MR) is 109 cm³/mol. The third-order valence-corrected chi connectivity index (χ3v) is 5.95. The molecule has 0 aromatic heterocycles. The SMILES string of the molecule is CCNC(=O)[C@@H](C)OC(=O)c1cccc(S(=O)(=O)N(C)c2ccc(OC)cc2)c1. The third-order valence-electron chi connectivity index (χ3n) is 4.17. The molecule has 2 aromatic carbocycles. The number of carbonyl (C=O) groups excluding carboxylic acids is 2. The Hall–Kier alpha value is -3.07. The Kier molecular flexibility index (Phi) is 7.22. The molecule has 156 valence electrons. The Morgan fingerprint density at radius 3 is 2.38 bits per heavy atom. The first-order valence-corrected chi connectivity index (χ1v) is 10.4. The van der Waals surface area contributed by atoms with Crippen LogP contribution in [0.2, 0.25) is 0 Å². The molecule has 0 heterocycles. The summed E-state index contributed by atoms with van der Waals surface area (Å²) in [6, 6.07) is 12.0. The van der Waals surface area contributed by atoms with E-state index < -0.39 is 28.0 Å². The standard InChI is InChI=1S/C20H24N2O6S/c1-5-21-19(23)14(2)28-20(24)15-7-6-8-18(13-15)29(25,26)22(3)16-9-11-17(27-4)12-10-16/h6-14H,5H2,1-4H3,(H,21,23)/t14-/m1/s1. The number of likely N-dealkylation sites (N-methyl/N-ethyl adjacent to an activating group) is 1. The highest BCUT2D eigenvalue weighted by Crippen LogP contribution is 2.25. The maximum atomic E-state index is 13.0. The number of benzene rings is 2. The van der Waals surface area contributed by atoms with Crippen LogP contribution in [0.4, 0.5) is 5.69 Å². The van der Waals surface area contributed by atoms with Gasteiger partial charge in [0.05, 0.1) is 23.3 Å². The maximum absolute atomic E-state index is 13.0. The number of nitrogens with zero attached hydrogens (tertiary/aromatic N) is 1. The number of sulfonamides is 1. The number of anilines is 1. The maximum Gasteiger partial charge on any atom is 0.338 e. The van der Waals surface area contributed by atoms with Crippen LogP contribution in [0.15, 0.2) is 53.4 Å². The van der Waals surface area contributed by atoms with Crippen molar-refractivity contribution < 1.29 is 27.5 Å². The molecule has 0 bridgehead atoms. The number of carbonyl (C=O) groups is 2. The van der Waals surface area contributed by atoms with Crippen molar-refractivity contribution in [2.24, 2.45) is 0 Å². The summed E-state index contributed by atoms with van der Waals surface area (Å²) < 4.78 is 37.2. The summed E-state index contributed by atoms with van der Waals surface area (Å²) in [5.41, 5.74) is 0.467. The second-order valence-corrected chi connectivity index (χ2v) is 8.11. The Balaban J connectivity index is 2.24. The fourth-order valence-electron chi connectivity index (χ4n) is 2.47. The summed E-state index contributed by atoms with van der Waals surface area (Å²) in [6.07, 6.45) is -0.996. The van der Waals surface area contributed by atoms with Crippen molar-refractivity contribution in [3.05, 3.63) is 54.1 Å². The fraction of sp³-hybridized carbons (Fsp3) is 0.300. The summed E-state index contributed by atoms with van der Waals surface area (Å²) in [7, 11) is -0.979. The molecule has 1 N–H and O–H groups in total. The largest absolute Gasteiger partial charge is 0.497 e. The zero-order valence-corrected chi connectivity index (χ0v) is 17.5. The topological polar surface area (TPSA) is 102 Å². The predicted octanol–water partition coefficient (Wildman–Crippen LogP) is 2.20. The number of amides is 1. The van der Waals surface area contributed by atoms with Crippen LogP contribution in [0.1, 0.15) is 24.2 Å². The normalized spacial score (nSPS) is 12.0. The van der Waals surface area contributed by atoms with Crippen LogP contribution < -0.4 is 14.4 Å². The Bertz CT molecular complexity index is 973. The molecule has 8 nitrogen and oxygen atoms in total. The van der Waals surface area contributed by atoms with Crippen LogP contribution in [0.3, 0.4) is 0 Å². The number of esters is 1. The summed E-state index contributed by atoms with van der Waals surface area (Å²) in [6.45, 7) is 3.60. The van der Waals surface area contributed by atoms with Crippen LogP contribution in [-0.4, -0.2) is 47.1 Å². The molecule has 0 aliphatic heterocycles. The van der Waals surface area contributed by atoms with Crippen molar-refractivity contribution in [1.82, 2.24) is 5.32 Å². The molecule has 29 heavy (non-hydrogen) atoms.